The molecule has 2 aromatic carbocycles. The SMILES string of the molecule is CCOC(=O)CCCN1N=C(c2cccc3ccccc23)CC(C)C1=N. The van der Waals surface area contributed by atoms with Gasteiger partial charge in [0.2, 0.25) is 0 Å². The molecule has 1 atom stereocenters. The van der Waals surface area contributed by atoms with Crippen LogP contribution < -0.4 is 0 Å². The van der Waals surface area contributed by atoms with Crippen molar-refractivity contribution in [3.05, 3.63) is 48.0 Å². The van der Waals surface area contributed by atoms with Crippen LogP contribution in [0.15, 0.2) is 47.6 Å². The van der Waals surface area contributed by atoms with E-state index < -0.39 is 0 Å². The molecular formula is C21H25N3O2. The number of hydrogen-bond donors (Lipinski definition) is 1. The fourth-order valence-electron chi connectivity index (χ4n) is 3.30. The second-order valence-corrected chi connectivity index (χ2v) is 6.60. The smallest absolute Gasteiger partial charge is 0.305 e. The van der Waals surface area contributed by atoms with Crippen LogP contribution in [-0.4, -0.2) is 35.7 Å². The van der Waals surface area contributed by atoms with Gasteiger partial charge in [0.05, 0.1) is 12.3 Å². The number of fused-ring (bicyclic) bond motifs is 1. The molecule has 136 valence electrons. The molecule has 0 aromatic heterocycles. The normalized spacial score (nSPS) is 17.3. The third-order valence-corrected chi connectivity index (χ3v) is 4.64. The van der Waals surface area contributed by atoms with E-state index in [1.165, 1.54) is 10.8 Å². The molecule has 5 nitrogen and oxygen atoms in total. The molecule has 0 amide bonds. The average Bonchev–Trinajstić information content (AvgIpc) is 2.65. The Balaban J connectivity index is 1.82. The molecule has 0 aliphatic carbocycles. The third-order valence-electron chi connectivity index (χ3n) is 4.64. The van der Waals surface area contributed by atoms with Gasteiger partial charge in [-0.2, -0.15) is 5.10 Å². The number of nitrogens with zero attached hydrogens (tertiary/aromatic N) is 2. The third kappa shape index (κ3) is 3.93. The summed E-state index contributed by atoms with van der Waals surface area (Å²) in [5.74, 6) is 0.421. The molecule has 26 heavy (non-hydrogen) atoms. The van der Waals surface area contributed by atoms with Gasteiger partial charge in [0.1, 0.15) is 5.84 Å². The van der Waals surface area contributed by atoms with Crippen LogP contribution in [-0.2, 0) is 9.53 Å². The minimum absolute atomic E-state index is 0.101. The molecule has 1 aliphatic heterocycles. The van der Waals surface area contributed by atoms with Crippen molar-refractivity contribution >= 4 is 28.3 Å². The summed E-state index contributed by atoms with van der Waals surface area (Å²) in [6.07, 6.45) is 1.73. The molecule has 0 saturated heterocycles. The van der Waals surface area contributed by atoms with Gasteiger partial charge in [-0.15, -0.1) is 0 Å². The minimum atomic E-state index is -0.192. The van der Waals surface area contributed by atoms with Gasteiger partial charge in [-0.05, 0) is 24.1 Å². The van der Waals surface area contributed by atoms with Gasteiger partial charge in [0.25, 0.3) is 0 Å². The van der Waals surface area contributed by atoms with E-state index in [1.54, 1.807) is 11.9 Å². The van der Waals surface area contributed by atoms with Crippen molar-refractivity contribution in [1.82, 2.24) is 5.01 Å². The van der Waals surface area contributed by atoms with Crippen molar-refractivity contribution < 1.29 is 9.53 Å². The van der Waals surface area contributed by atoms with Crippen LogP contribution in [0.25, 0.3) is 10.8 Å². The van der Waals surface area contributed by atoms with E-state index >= 15 is 0 Å². The number of hydrogen-bond acceptors (Lipinski definition) is 4. The zero-order chi connectivity index (χ0) is 18.5. The molecule has 2 aromatic rings. The first-order valence-electron chi connectivity index (χ1n) is 9.17. The Hall–Kier alpha value is -2.69. The summed E-state index contributed by atoms with van der Waals surface area (Å²) in [5.41, 5.74) is 2.12. The lowest BCUT2D eigenvalue weighted by Crippen LogP contribution is -2.38. The van der Waals surface area contributed by atoms with Crippen molar-refractivity contribution in [3.63, 3.8) is 0 Å². The van der Waals surface area contributed by atoms with Crippen LogP contribution in [0, 0.1) is 11.3 Å². The Morgan fingerprint density at radius 3 is 2.85 bits per heavy atom. The number of rotatable bonds is 6. The number of benzene rings is 2. The summed E-state index contributed by atoms with van der Waals surface area (Å²) in [7, 11) is 0. The summed E-state index contributed by atoms with van der Waals surface area (Å²) in [6, 6.07) is 14.5. The summed E-state index contributed by atoms with van der Waals surface area (Å²) in [5, 5.41) is 17.2. The van der Waals surface area contributed by atoms with E-state index in [1.807, 2.05) is 12.1 Å². The number of nitrogens with one attached hydrogen (secondary N) is 1. The first-order chi connectivity index (χ1) is 12.6. The van der Waals surface area contributed by atoms with Crippen molar-refractivity contribution in [2.45, 2.75) is 33.1 Å². The first-order valence-corrected chi connectivity index (χ1v) is 9.17. The van der Waals surface area contributed by atoms with Gasteiger partial charge in [-0.3, -0.25) is 15.2 Å². The zero-order valence-electron chi connectivity index (χ0n) is 15.4. The van der Waals surface area contributed by atoms with Crippen molar-refractivity contribution in [1.29, 1.82) is 5.41 Å². The predicted octanol–water partition coefficient (Wildman–Crippen LogP) is 4.21. The minimum Gasteiger partial charge on any atom is -0.466 e. The van der Waals surface area contributed by atoms with Crippen LogP contribution in [0.1, 0.15) is 38.7 Å². The highest BCUT2D eigenvalue weighted by Crippen LogP contribution is 2.26. The van der Waals surface area contributed by atoms with Crippen LogP contribution in [0.4, 0.5) is 0 Å². The standard InChI is InChI=1S/C21H25N3O2/c1-3-26-20(25)12-7-13-24-21(22)15(2)14-19(23-24)18-11-6-9-16-8-4-5-10-17(16)18/h4-6,8-11,15,22H,3,7,12-14H2,1-2H3. The molecule has 0 radical (unpaired) electrons. The largest absolute Gasteiger partial charge is 0.466 e. The molecule has 0 spiro atoms. The number of hydrazone groups is 1. The molecule has 1 aliphatic rings. The van der Waals surface area contributed by atoms with E-state index in [0.717, 1.165) is 17.7 Å². The van der Waals surface area contributed by atoms with E-state index in [-0.39, 0.29) is 11.9 Å². The Kier molecular flexibility index (Phi) is 5.66. The highest BCUT2D eigenvalue weighted by atomic mass is 16.5. The number of esters is 1. The topological polar surface area (TPSA) is 65.8 Å². The van der Waals surface area contributed by atoms with E-state index in [2.05, 4.69) is 37.3 Å². The highest BCUT2D eigenvalue weighted by molar-refractivity contribution is 6.13. The lowest BCUT2D eigenvalue weighted by Gasteiger charge is -2.30. The van der Waals surface area contributed by atoms with Gasteiger partial charge in [-0.25, -0.2) is 0 Å². The van der Waals surface area contributed by atoms with Gasteiger partial charge in [-0.1, -0.05) is 49.4 Å². The fourth-order valence-corrected chi connectivity index (χ4v) is 3.30. The first kappa shape index (κ1) is 18.1. The van der Waals surface area contributed by atoms with Crippen LogP contribution in [0.5, 0.6) is 0 Å². The molecule has 1 unspecified atom stereocenters. The average molecular weight is 351 g/mol. The number of carbonyl (C=O) groups excluding carboxylic acids is 1. The lowest BCUT2D eigenvalue weighted by atomic mass is 9.93. The van der Waals surface area contributed by atoms with Crippen molar-refractivity contribution in [2.75, 3.05) is 13.2 Å². The monoisotopic (exact) mass is 351 g/mol. The number of ether oxygens (including phenoxy) is 1. The second-order valence-electron chi connectivity index (χ2n) is 6.60. The summed E-state index contributed by atoms with van der Waals surface area (Å²) in [6.45, 7) is 4.82. The van der Waals surface area contributed by atoms with Crippen molar-refractivity contribution in [3.8, 4) is 0 Å². The van der Waals surface area contributed by atoms with E-state index in [4.69, 9.17) is 15.2 Å². The predicted molar refractivity (Wildman–Crippen MR) is 105 cm³/mol. The quantitative estimate of drug-likeness (QED) is 0.793. The molecule has 0 bridgehead atoms. The second kappa shape index (κ2) is 8.13. The number of amidine groups is 1. The van der Waals surface area contributed by atoms with Gasteiger partial charge < -0.3 is 4.74 Å². The van der Waals surface area contributed by atoms with Crippen LogP contribution in [0.2, 0.25) is 0 Å². The summed E-state index contributed by atoms with van der Waals surface area (Å²) < 4.78 is 4.97. The molecular weight excluding hydrogens is 326 g/mol. The van der Waals surface area contributed by atoms with Crippen LogP contribution in [0.3, 0.4) is 0 Å². The van der Waals surface area contributed by atoms with Gasteiger partial charge in [0.15, 0.2) is 0 Å². The van der Waals surface area contributed by atoms with Crippen LogP contribution >= 0.6 is 0 Å². The van der Waals surface area contributed by atoms with Crippen molar-refractivity contribution in [2.24, 2.45) is 11.0 Å². The molecule has 1 N–H and O–H groups in total. The molecule has 0 fully saturated rings. The summed E-state index contributed by atoms with van der Waals surface area (Å²) >= 11 is 0. The number of carbonyl (C=O) groups is 1. The maximum atomic E-state index is 11.5. The fraction of sp³-hybridized carbons (Fsp3) is 0.381. The van der Waals surface area contributed by atoms with E-state index in [9.17, 15) is 4.79 Å². The maximum absolute atomic E-state index is 11.5. The Labute approximate surface area is 154 Å². The Morgan fingerprint density at radius 1 is 1.27 bits per heavy atom. The van der Waals surface area contributed by atoms with Gasteiger partial charge in [0, 0.05) is 30.9 Å². The molecule has 0 saturated carbocycles. The lowest BCUT2D eigenvalue weighted by molar-refractivity contribution is -0.143. The maximum Gasteiger partial charge on any atom is 0.305 e. The molecule has 3 rings (SSSR count). The summed E-state index contributed by atoms with van der Waals surface area (Å²) in [4.78, 5) is 11.5. The van der Waals surface area contributed by atoms with Gasteiger partial charge >= 0.3 is 5.97 Å². The zero-order valence-corrected chi connectivity index (χ0v) is 15.4. The Bertz CT molecular complexity index is 839. The molecule has 1 heterocycles. The van der Waals surface area contributed by atoms with E-state index in [0.29, 0.717) is 31.8 Å². The molecule has 5 heteroatoms. The highest BCUT2D eigenvalue weighted by Gasteiger charge is 2.25. The Morgan fingerprint density at radius 2 is 2.04 bits per heavy atom.